The number of ketones is 1. The molecule has 0 N–H and O–H groups in total. The topological polar surface area (TPSA) is 26.3 Å². The predicted octanol–water partition coefficient (Wildman–Crippen LogP) is 5.27. The highest BCUT2D eigenvalue weighted by Crippen LogP contribution is 2.35. The third-order valence-electron chi connectivity index (χ3n) is 3.53. The van der Waals surface area contributed by atoms with Crippen molar-refractivity contribution < 1.29 is 9.53 Å². The van der Waals surface area contributed by atoms with Crippen LogP contribution >= 0.6 is 27.5 Å². The normalized spacial score (nSPS) is 10.6. The lowest BCUT2D eigenvalue weighted by Crippen LogP contribution is -2.09. The Morgan fingerprint density at radius 1 is 1.19 bits per heavy atom. The summed E-state index contributed by atoms with van der Waals surface area (Å²) in [5.74, 6) is 0.473. The summed E-state index contributed by atoms with van der Waals surface area (Å²) in [7, 11) is 1.57. The molecule has 0 saturated carbocycles. The fourth-order valence-corrected chi connectivity index (χ4v) is 3.10. The molecule has 0 unspecified atom stereocenters. The summed E-state index contributed by atoms with van der Waals surface area (Å²) in [6, 6.07) is 7.41. The minimum Gasteiger partial charge on any atom is -0.496 e. The van der Waals surface area contributed by atoms with Gasteiger partial charge in [-0.15, -0.1) is 0 Å². The molecule has 0 amide bonds. The molecule has 0 saturated heterocycles. The van der Waals surface area contributed by atoms with Gasteiger partial charge in [0.15, 0.2) is 5.78 Å². The monoisotopic (exact) mass is 366 g/mol. The number of aryl methyl sites for hydroxylation is 2. The van der Waals surface area contributed by atoms with Crippen LogP contribution in [0.3, 0.4) is 0 Å². The Hall–Kier alpha value is -1.32. The van der Waals surface area contributed by atoms with E-state index in [4.69, 9.17) is 16.3 Å². The van der Waals surface area contributed by atoms with Crippen LogP contribution < -0.4 is 4.74 Å². The predicted molar refractivity (Wildman–Crippen MR) is 89.8 cm³/mol. The zero-order valence-electron chi connectivity index (χ0n) is 12.4. The first-order valence-electron chi connectivity index (χ1n) is 6.52. The van der Waals surface area contributed by atoms with Gasteiger partial charge in [0.1, 0.15) is 5.75 Å². The highest BCUT2D eigenvalue weighted by Gasteiger charge is 2.23. The fourth-order valence-electron chi connectivity index (χ4n) is 2.34. The van der Waals surface area contributed by atoms with Gasteiger partial charge < -0.3 is 4.74 Å². The molecule has 0 aliphatic carbocycles. The Kier molecular flexibility index (Phi) is 4.74. The van der Waals surface area contributed by atoms with Gasteiger partial charge in [0.2, 0.25) is 0 Å². The number of ether oxygens (including phenoxy) is 1. The van der Waals surface area contributed by atoms with Crippen LogP contribution in [0.4, 0.5) is 0 Å². The van der Waals surface area contributed by atoms with Gasteiger partial charge in [-0.25, -0.2) is 0 Å². The zero-order chi connectivity index (χ0) is 15.7. The molecule has 0 heterocycles. The van der Waals surface area contributed by atoms with Crippen LogP contribution in [0, 0.1) is 20.8 Å². The van der Waals surface area contributed by atoms with Gasteiger partial charge in [-0.2, -0.15) is 0 Å². The standard InChI is InChI=1S/C17H16BrClO2/c1-9-6-5-7-12(15(9)19)16(20)14-11(3)13(18)8-10(2)17(14)21-4/h5-8H,1-4H3. The molecule has 0 aliphatic rings. The summed E-state index contributed by atoms with van der Waals surface area (Å²) in [6.07, 6.45) is 0. The summed E-state index contributed by atoms with van der Waals surface area (Å²) in [4.78, 5) is 12.9. The second kappa shape index (κ2) is 6.20. The Morgan fingerprint density at radius 2 is 1.86 bits per heavy atom. The first-order valence-corrected chi connectivity index (χ1v) is 7.69. The first-order chi connectivity index (χ1) is 9.88. The Labute approximate surface area is 138 Å². The van der Waals surface area contributed by atoms with E-state index >= 15 is 0 Å². The average molecular weight is 368 g/mol. The van der Waals surface area contributed by atoms with Crippen molar-refractivity contribution in [1.29, 1.82) is 0 Å². The van der Waals surface area contributed by atoms with E-state index in [1.165, 1.54) is 0 Å². The molecule has 0 radical (unpaired) electrons. The SMILES string of the molecule is COc1c(C)cc(Br)c(C)c1C(=O)c1cccc(C)c1Cl. The molecule has 110 valence electrons. The minimum atomic E-state index is -0.123. The van der Waals surface area contributed by atoms with E-state index in [0.717, 1.165) is 21.2 Å². The van der Waals surface area contributed by atoms with Crippen molar-refractivity contribution in [1.82, 2.24) is 0 Å². The van der Waals surface area contributed by atoms with E-state index in [0.29, 0.717) is 21.9 Å². The van der Waals surface area contributed by atoms with Crippen LogP contribution in [0.15, 0.2) is 28.7 Å². The third kappa shape index (κ3) is 2.85. The van der Waals surface area contributed by atoms with Gasteiger partial charge in [-0.05, 0) is 49.6 Å². The van der Waals surface area contributed by atoms with E-state index in [-0.39, 0.29) is 5.78 Å². The van der Waals surface area contributed by atoms with Gasteiger partial charge in [0, 0.05) is 10.0 Å². The lowest BCUT2D eigenvalue weighted by Gasteiger charge is -2.16. The van der Waals surface area contributed by atoms with Crippen molar-refractivity contribution in [2.75, 3.05) is 7.11 Å². The Morgan fingerprint density at radius 3 is 2.48 bits per heavy atom. The van der Waals surface area contributed by atoms with Crippen molar-refractivity contribution in [3.8, 4) is 5.75 Å². The number of hydrogen-bond donors (Lipinski definition) is 0. The van der Waals surface area contributed by atoms with Crippen molar-refractivity contribution in [3.63, 3.8) is 0 Å². The van der Waals surface area contributed by atoms with E-state index in [2.05, 4.69) is 15.9 Å². The maximum absolute atomic E-state index is 12.9. The van der Waals surface area contributed by atoms with E-state index < -0.39 is 0 Å². The number of carbonyl (C=O) groups excluding carboxylic acids is 1. The largest absolute Gasteiger partial charge is 0.496 e. The van der Waals surface area contributed by atoms with Crippen LogP contribution in [-0.2, 0) is 0 Å². The lowest BCUT2D eigenvalue weighted by atomic mass is 9.95. The molecule has 0 atom stereocenters. The maximum Gasteiger partial charge on any atom is 0.198 e. The van der Waals surface area contributed by atoms with Gasteiger partial charge in [-0.1, -0.05) is 39.7 Å². The van der Waals surface area contributed by atoms with Crippen LogP contribution in [0.2, 0.25) is 5.02 Å². The summed E-state index contributed by atoms with van der Waals surface area (Å²) in [5.41, 5.74) is 3.68. The number of rotatable bonds is 3. The summed E-state index contributed by atoms with van der Waals surface area (Å²) in [5, 5.41) is 0.488. The number of hydrogen-bond acceptors (Lipinski definition) is 2. The molecule has 4 heteroatoms. The van der Waals surface area contributed by atoms with E-state index in [1.807, 2.05) is 39.0 Å². The van der Waals surface area contributed by atoms with E-state index in [1.54, 1.807) is 13.2 Å². The molecule has 0 aromatic heterocycles. The highest BCUT2D eigenvalue weighted by atomic mass is 79.9. The number of halogens is 2. The maximum atomic E-state index is 12.9. The molecule has 2 nitrogen and oxygen atoms in total. The molecule has 2 aromatic rings. The molecular weight excluding hydrogens is 352 g/mol. The average Bonchev–Trinajstić information content (AvgIpc) is 2.44. The van der Waals surface area contributed by atoms with Crippen molar-refractivity contribution in [2.24, 2.45) is 0 Å². The van der Waals surface area contributed by atoms with E-state index in [9.17, 15) is 4.79 Å². The molecule has 0 aliphatic heterocycles. The lowest BCUT2D eigenvalue weighted by molar-refractivity contribution is 0.103. The van der Waals surface area contributed by atoms with Gasteiger partial charge in [0.05, 0.1) is 17.7 Å². The molecular formula is C17H16BrClO2. The quantitative estimate of drug-likeness (QED) is 0.691. The minimum absolute atomic E-state index is 0.123. The number of carbonyl (C=O) groups is 1. The highest BCUT2D eigenvalue weighted by molar-refractivity contribution is 9.10. The molecule has 21 heavy (non-hydrogen) atoms. The van der Waals surface area contributed by atoms with Gasteiger partial charge >= 0.3 is 0 Å². The molecule has 0 fully saturated rings. The zero-order valence-corrected chi connectivity index (χ0v) is 14.7. The summed E-state index contributed by atoms with van der Waals surface area (Å²) in [6.45, 7) is 5.69. The third-order valence-corrected chi connectivity index (χ3v) is 4.85. The second-order valence-corrected chi connectivity index (χ2v) is 6.21. The summed E-state index contributed by atoms with van der Waals surface area (Å²) < 4.78 is 6.32. The fraction of sp³-hybridized carbons (Fsp3) is 0.235. The first kappa shape index (κ1) is 16.1. The van der Waals surface area contributed by atoms with Crippen LogP contribution in [0.5, 0.6) is 5.75 Å². The molecule has 0 bridgehead atoms. The number of methoxy groups -OCH3 is 1. The van der Waals surface area contributed by atoms with Crippen molar-refractivity contribution >= 4 is 33.3 Å². The Balaban J connectivity index is 2.72. The molecule has 2 aromatic carbocycles. The van der Waals surface area contributed by atoms with Gasteiger partial charge in [-0.3, -0.25) is 4.79 Å². The van der Waals surface area contributed by atoms with Crippen LogP contribution in [0.25, 0.3) is 0 Å². The summed E-state index contributed by atoms with van der Waals surface area (Å²) >= 11 is 9.79. The Bertz CT molecular complexity index is 723. The van der Waals surface area contributed by atoms with Crippen LogP contribution in [0.1, 0.15) is 32.6 Å². The number of benzene rings is 2. The van der Waals surface area contributed by atoms with Crippen LogP contribution in [-0.4, -0.2) is 12.9 Å². The second-order valence-electron chi connectivity index (χ2n) is 4.97. The van der Waals surface area contributed by atoms with Crippen molar-refractivity contribution in [2.45, 2.75) is 20.8 Å². The molecule has 2 rings (SSSR count). The molecule has 0 spiro atoms. The van der Waals surface area contributed by atoms with Gasteiger partial charge in [0.25, 0.3) is 0 Å². The van der Waals surface area contributed by atoms with Crippen molar-refractivity contribution in [3.05, 3.63) is 61.6 Å². The smallest absolute Gasteiger partial charge is 0.198 e.